The van der Waals surface area contributed by atoms with Crippen LogP contribution in [0.1, 0.15) is 23.5 Å². The fourth-order valence-electron chi connectivity index (χ4n) is 1.61. The second-order valence-electron chi connectivity index (χ2n) is 4.15. The molecule has 1 aromatic carbocycles. The third-order valence-corrected chi connectivity index (χ3v) is 5.51. The molecule has 0 fully saturated rings. The van der Waals surface area contributed by atoms with Crippen molar-refractivity contribution < 1.29 is 8.42 Å². The molecule has 0 aliphatic carbocycles. The van der Waals surface area contributed by atoms with Crippen molar-refractivity contribution in [1.29, 1.82) is 0 Å². The fourth-order valence-corrected chi connectivity index (χ4v) is 4.12. The lowest BCUT2D eigenvalue weighted by molar-refractivity contribution is 0.566. The molecule has 0 unspecified atom stereocenters. The van der Waals surface area contributed by atoms with Crippen LogP contribution in [-0.4, -0.2) is 13.4 Å². The zero-order valence-electron chi connectivity index (χ0n) is 10.4. The van der Waals surface area contributed by atoms with Crippen molar-refractivity contribution in [3.05, 3.63) is 45.4 Å². The standard InChI is InChI=1S/C12H13ClN2O2S2/c1-8-3-4-10(13)11(7-8)19(16,17)15-9(2)12-14-5-6-18-12/h3-7,9,15H,1-2H3/t9-/m0/s1. The highest BCUT2D eigenvalue weighted by atomic mass is 35.5. The monoisotopic (exact) mass is 316 g/mol. The minimum Gasteiger partial charge on any atom is -0.248 e. The summed E-state index contributed by atoms with van der Waals surface area (Å²) in [7, 11) is -3.65. The molecule has 7 heteroatoms. The molecule has 0 saturated heterocycles. The Morgan fingerprint density at radius 1 is 1.42 bits per heavy atom. The van der Waals surface area contributed by atoms with E-state index >= 15 is 0 Å². The van der Waals surface area contributed by atoms with Gasteiger partial charge in [0, 0.05) is 11.6 Å². The van der Waals surface area contributed by atoms with E-state index in [1.54, 1.807) is 36.7 Å². The molecule has 19 heavy (non-hydrogen) atoms. The van der Waals surface area contributed by atoms with Crippen LogP contribution in [0.25, 0.3) is 0 Å². The zero-order chi connectivity index (χ0) is 14.0. The molecular weight excluding hydrogens is 304 g/mol. The zero-order valence-corrected chi connectivity index (χ0v) is 12.8. The molecule has 2 rings (SSSR count). The molecule has 0 aliphatic rings. The lowest BCUT2D eigenvalue weighted by atomic mass is 10.2. The van der Waals surface area contributed by atoms with Gasteiger partial charge < -0.3 is 0 Å². The summed E-state index contributed by atoms with van der Waals surface area (Å²) in [4.78, 5) is 4.19. The minimum atomic E-state index is -3.65. The Kier molecular flexibility index (Phi) is 4.25. The van der Waals surface area contributed by atoms with Crippen LogP contribution in [0.15, 0.2) is 34.7 Å². The van der Waals surface area contributed by atoms with E-state index in [1.807, 2.05) is 6.92 Å². The van der Waals surface area contributed by atoms with Gasteiger partial charge in [-0.25, -0.2) is 18.1 Å². The number of hydrogen-bond donors (Lipinski definition) is 1. The van der Waals surface area contributed by atoms with Gasteiger partial charge in [-0.15, -0.1) is 11.3 Å². The normalized spacial score (nSPS) is 13.4. The number of benzene rings is 1. The van der Waals surface area contributed by atoms with E-state index in [0.29, 0.717) is 5.01 Å². The van der Waals surface area contributed by atoms with Crippen LogP contribution >= 0.6 is 22.9 Å². The second kappa shape index (κ2) is 5.58. The van der Waals surface area contributed by atoms with Gasteiger partial charge in [-0.2, -0.15) is 0 Å². The van der Waals surface area contributed by atoms with Crippen molar-refractivity contribution in [2.24, 2.45) is 0 Å². The first-order valence-corrected chi connectivity index (χ1v) is 8.32. The van der Waals surface area contributed by atoms with E-state index in [-0.39, 0.29) is 16.0 Å². The van der Waals surface area contributed by atoms with Gasteiger partial charge in [0.1, 0.15) is 9.90 Å². The number of rotatable bonds is 4. The van der Waals surface area contributed by atoms with E-state index in [1.165, 1.54) is 11.3 Å². The van der Waals surface area contributed by atoms with Gasteiger partial charge in [0.2, 0.25) is 10.0 Å². The number of aryl methyl sites for hydroxylation is 1. The topological polar surface area (TPSA) is 59.1 Å². The summed E-state index contributed by atoms with van der Waals surface area (Å²) in [5, 5.41) is 2.73. The molecule has 1 aromatic heterocycles. The largest absolute Gasteiger partial charge is 0.248 e. The van der Waals surface area contributed by atoms with Crippen molar-refractivity contribution in [3.8, 4) is 0 Å². The third-order valence-electron chi connectivity index (χ3n) is 2.53. The van der Waals surface area contributed by atoms with Crippen molar-refractivity contribution in [2.75, 3.05) is 0 Å². The summed E-state index contributed by atoms with van der Waals surface area (Å²) in [5.41, 5.74) is 0.840. The van der Waals surface area contributed by atoms with Crippen molar-refractivity contribution in [3.63, 3.8) is 0 Å². The van der Waals surface area contributed by atoms with Crippen LogP contribution in [0.4, 0.5) is 0 Å². The molecule has 0 saturated carbocycles. The first-order chi connectivity index (χ1) is 8.90. The first kappa shape index (κ1) is 14.5. The van der Waals surface area contributed by atoms with E-state index in [9.17, 15) is 8.42 Å². The molecule has 0 radical (unpaired) electrons. The predicted octanol–water partition coefficient (Wildman–Crippen LogP) is 3.14. The first-order valence-electron chi connectivity index (χ1n) is 5.58. The lowest BCUT2D eigenvalue weighted by Gasteiger charge is -2.13. The van der Waals surface area contributed by atoms with Crippen LogP contribution < -0.4 is 4.72 Å². The Morgan fingerprint density at radius 3 is 2.79 bits per heavy atom. The van der Waals surface area contributed by atoms with Gasteiger partial charge in [-0.3, -0.25) is 0 Å². The molecule has 1 N–H and O–H groups in total. The highest BCUT2D eigenvalue weighted by Gasteiger charge is 2.22. The molecule has 1 heterocycles. The number of sulfonamides is 1. The Labute approximate surface area is 121 Å². The maximum atomic E-state index is 12.3. The maximum Gasteiger partial charge on any atom is 0.242 e. The predicted molar refractivity (Wildman–Crippen MR) is 77.0 cm³/mol. The Hall–Kier alpha value is -0.950. The summed E-state index contributed by atoms with van der Waals surface area (Å²) in [6.45, 7) is 3.57. The van der Waals surface area contributed by atoms with Crippen molar-refractivity contribution >= 4 is 33.0 Å². The lowest BCUT2D eigenvalue weighted by Crippen LogP contribution is -2.27. The van der Waals surface area contributed by atoms with E-state index in [0.717, 1.165) is 5.56 Å². The molecule has 0 amide bonds. The number of thiazole rings is 1. The summed E-state index contributed by atoms with van der Waals surface area (Å²) in [6.07, 6.45) is 1.64. The number of nitrogens with zero attached hydrogens (tertiary/aromatic N) is 1. The van der Waals surface area contributed by atoms with Crippen LogP contribution in [0.5, 0.6) is 0 Å². The van der Waals surface area contributed by atoms with Gasteiger partial charge in [0.25, 0.3) is 0 Å². The van der Waals surface area contributed by atoms with Crippen molar-refractivity contribution in [1.82, 2.24) is 9.71 Å². The Balaban J connectivity index is 2.30. The summed E-state index contributed by atoms with van der Waals surface area (Å²) in [5.74, 6) is 0. The molecule has 2 aromatic rings. The summed E-state index contributed by atoms with van der Waals surface area (Å²) in [6, 6.07) is 4.52. The Bertz CT molecular complexity index is 669. The van der Waals surface area contributed by atoms with Gasteiger partial charge in [0.15, 0.2) is 0 Å². The van der Waals surface area contributed by atoms with Crippen LogP contribution in [0.3, 0.4) is 0 Å². The second-order valence-corrected chi connectivity index (χ2v) is 7.16. The van der Waals surface area contributed by atoms with E-state index in [2.05, 4.69) is 9.71 Å². The molecule has 0 bridgehead atoms. The number of hydrogen-bond acceptors (Lipinski definition) is 4. The molecule has 0 spiro atoms. The van der Waals surface area contributed by atoms with Gasteiger partial charge in [0.05, 0.1) is 11.1 Å². The maximum absolute atomic E-state index is 12.3. The number of halogens is 1. The molecule has 1 atom stereocenters. The van der Waals surface area contributed by atoms with Crippen LogP contribution in [0.2, 0.25) is 5.02 Å². The molecular formula is C12H13ClN2O2S2. The van der Waals surface area contributed by atoms with Crippen molar-refractivity contribution in [2.45, 2.75) is 24.8 Å². The fraction of sp³-hybridized carbons (Fsp3) is 0.250. The van der Waals surface area contributed by atoms with Gasteiger partial charge >= 0.3 is 0 Å². The Morgan fingerprint density at radius 2 is 2.16 bits per heavy atom. The van der Waals surface area contributed by atoms with Gasteiger partial charge in [-0.1, -0.05) is 17.7 Å². The third kappa shape index (κ3) is 3.33. The highest BCUT2D eigenvalue weighted by Crippen LogP contribution is 2.24. The molecule has 0 aliphatic heterocycles. The average molecular weight is 317 g/mol. The van der Waals surface area contributed by atoms with E-state index in [4.69, 9.17) is 11.6 Å². The number of nitrogens with one attached hydrogen (secondary N) is 1. The highest BCUT2D eigenvalue weighted by molar-refractivity contribution is 7.89. The minimum absolute atomic E-state index is 0.0950. The van der Waals surface area contributed by atoms with Crippen LogP contribution in [0, 0.1) is 6.92 Å². The summed E-state index contributed by atoms with van der Waals surface area (Å²) < 4.78 is 27.2. The van der Waals surface area contributed by atoms with Crippen LogP contribution in [-0.2, 0) is 10.0 Å². The van der Waals surface area contributed by atoms with Gasteiger partial charge in [-0.05, 0) is 31.5 Å². The quantitative estimate of drug-likeness (QED) is 0.942. The smallest absolute Gasteiger partial charge is 0.242 e. The molecule has 4 nitrogen and oxygen atoms in total. The molecule has 102 valence electrons. The SMILES string of the molecule is Cc1ccc(Cl)c(S(=O)(=O)N[C@@H](C)c2nccs2)c1. The van der Waals surface area contributed by atoms with E-state index < -0.39 is 10.0 Å². The summed E-state index contributed by atoms with van der Waals surface area (Å²) >= 11 is 7.36. The average Bonchev–Trinajstić information content (AvgIpc) is 2.85. The number of aromatic nitrogens is 1.